The molecule has 0 saturated carbocycles. The number of aromatic nitrogens is 5. The number of aromatic amines is 1. The number of para-hydroxylation sites is 1. The Balaban J connectivity index is 1.72. The van der Waals surface area contributed by atoms with E-state index in [1.807, 2.05) is 36.9 Å². The monoisotopic (exact) mass is 289 g/mol. The fourth-order valence-corrected chi connectivity index (χ4v) is 2.68. The van der Waals surface area contributed by atoms with Crippen LogP contribution in [0.1, 0.15) is 5.69 Å². The highest BCUT2D eigenvalue weighted by Gasteiger charge is 2.10. The van der Waals surface area contributed by atoms with Crippen LogP contribution in [0.4, 0.5) is 0 Å². The van der Waals surface area contributed by atoms with Gasteiger partial charge in [0.1, 0.15) is 5.82 Å². The number of H-pyrrole nitrogens is 1. The minimum absolute atomic E-state index is 0.848. The molecule has 108 valence electrons. The zero-order valence-corrected chi connectivity index (χ0v) is 12.0. The van der Waals surface area contributed by atoms with Gasteiger partial charge in [0.25, 0.3) is 0 Å². The zero-order valence-electron chi connectivity index (χ0n) is 12.0. The highest BCUT2D eigenvalue weighted by Crippen LogP contribution is 2.25. The summed E-state index contributed by atoms with van der Waals surface area (Å²) in [6, 6.07) is 10.2. The summed E-state index contributed by atoms with van der Waals surface area (Å²) in [5.41, 5.74) is 3.17. The molecule has 22 heavy (non-hydrogen) atoms. The summed E-state index contributed by atoms with van der Waals surface area (Å²) in [4.78, 5) is 16.2. The molecule has 0 aliphatic carbocycles. The molecule has 0 unspecified atom stereocenters. The van der Waals surface area contributed by atoms with Crippen LogP contribution in [-0.4, -0.2) is 24.5 Å². The van der Waals surface area contributed by atoms with E-state index in [9.17, 15) is 0 Å². The van der Waals surface area contributed by atoms with Crippen LogP contribution >= 0.6 is 0 Å². The number of pyridine rings is 1. The van der Waals surface area contributed by atoms with Crippen LogP contribution in [0.5, 0.6) is 0 Å². The fourth-order valence-electron chi connectivity index (χ4n) is 2.68. The molecule has 0 amide bonds. The average Bonchev–Trinajstić information content (AvgIpc) is 3.24. The van der Waals surface area contributed by atoms with E-state index in [-0.39, 0.29) is 0 Å². The number of hydrogen-bond donors (Lipinski definition) is 1. The molecule has 4 rings (SSSR count). The van der Waals surface area contributed by atoms with Gasteiger partial charge >= 0.3 is 0 Å². The highest BCUT2D eigenvalue weighted by atomic mass is 15.1. The lowest BCUT2D eigenvalue weighted by Gasteiger charge is -2.09. The number of imidazole rings is 2. The molecule has 3 heterocycles. The summed E-state index contributed by atoms with van der Waals surface area (Å²) < 4.78 is 2.16. The normalized spacial score (nSPS) is 11.1. The zero-order chi connectivity index (χ0) is 14.8. The molecule has 0 atom stereocenters. The summed E-state index contributed by atoms with van der Waals surface area (Å²) in [5.74, 6) is 0.948. The topological polar surface area (TPSA) is 59.4 Å². The van der Waals surface area contributed by atoms with Gasteiger partial charge in [0.05, 0.1) is 11.8 Å². The first-order valence-corrected chi connectivity index (χ1v) is 7.24. The first-order valence-electron chi connectivity index (χ1n) is 7.24. The maximum Gasteiger partial charge on any atom is 0.142 e. The molecular formula is C17H15N5. The van der Waals surface area contributed by atoms with Crippen molar-refractivity contribution in [1.29, 1.82) is 0 Å². The lowest BCUT2D eigenvalue weighted by Crippen LogP contribution is -2.03. The molecule has 0 bridgehead atoms. The van der Waals surface area contributed by atoms with E-state index >= 15 is 0 Å². The van der Waals surface area contributed by atoms with Crippen LogP contribution in [0, 0.1) is 0 Å². The predicted octanol–water partition coefficient (Wildman–Crippen LogP) is 3.06. The third kappa shape index (κ3) is 2.26. The summed E-state index contributed by atoms with van der Waals surface area (Å²) >= 11 is 0. The molecule has 5 nitrogen and oxygen atoms in total. The first kappa shape index (κ1) is 12.8. The lowest BCUT2D eigenvalue weighted by molar-refractivity contribution is 0.694. The van der Waals surface area contributed by atoms with Crippen molar-refractivity contribution in [3.8, 4) is 11.4 Å². The summed E-state index contributed by atoms with van der Waals surface area (Å²) in [7, 11) is 0. The van der Waals surface area contributed by atoms with E-state index in [4.69, 9.17) is 0 Å². The molecular weight excluding hydrogens is 274 g/mol. The average molecular weight is 289 g/mol. The summed E-state index contributed by atoms with van der Waals surface area (Å²) in [6.07, 6.45) is 10.1. The Labute approximate surface area is 127 Å². The van der Waals surface area contributed by atoms with Gasteiger partial charge in [0.2, 0.25) is 0 Å². The van der Waals surface area contributed by atoms with Gasteiger partial charge < -0.3 is 9.55 Å². The minimum atomic E-state index is 0.848. The number of hydrogen-bond acceptors (Lipinski definition) is 3. The number of aryl methyl sites for hydroxylation is 2. The molecule has 1 aromatic carbocycles. The molecule has 1 N–H and O–H groups in total. The SMILES string of the molecule is c1cnc2c(-c3nccn3CCc3cnc[nH]3)cccc2c1. The molecule has 0 spiro atoms. The molecule has 0 radical (unpaired) electrons. The second kappa shape index (κ2) is 5.44. The van der Waals surface area contributed by atoms with Crippen LogP contribution in [0.2, 0.25) is 0 Å². The van der Waals surface area contributed by atoms with Crippen molar-refractivity contribution in [2.75, 3.05) is 0 Å². The van der Waals surface area contributed by atoms with Gasteiger partial charge in [-0.05, 0) is 12.1 Å². The van der Waals surface area contributed by atoms with Crippen molar-refractivity contribution < 1.29 is 0 Å². The number of rotatable bonds is 4. The van der Waals surface area contributed by atoms with Gasteiger partial charge in [0, 0.05) is 54.4 Å². The van der Waals surface area contributed by atoms with Gasteiger partial charge in [-0.2, -0.15) is 0 Å². The minimum Gasteiger partial charge on any atom is -0.348 e. The Kier molecular flexibility index (Phi) is 3.16. The largest absolute Gasteiger partial charge is 0.348 e. The van der Waals surface area contributed by atoms with E-state index in [1.54, 1.807) is 6.33 Å². The molecule has 3 aromatic heterocycles. The van der Waals surface area contributed by atoms with E-state index in [1.165, 1.54) is 0 Å². The Bertz CT molecular complexity index is 887. The number of nitrogens with zero attached hydrogens (tertiary/aromatic N) is 4. The van der Waals surface area contributed by atoms with Crippen molar-refractivity contribution in [2.24, 2.45) is 0 Å². The van der Waals surface area contributed by atoms with Gasteiger partial charge in [-0.3, -0.25) is 4.98 Å². The number of fused-ring (bicyclic) bond motifs is 1. The van der Waals surface area contributed by atoms with Gasteiger partial charge in [-0.1, -0.05) is 18.2 Å². The maximum atomic E-state index is 4.53. The smallest absolute Gasteiger partial charge is 0.142 e. The molecule has 5 heteroatoms. The summed E-state index contributed by atoms with van der Waals surface area (Å²) in [6.45, 7) is 0.848. The third-order valence-corrected chi connectivity index (χ3v) is 3.77. The Hall–Kier alpha value is -2.95. The van der Waals surface area contributed by atoms with Gasteiger partial charge in [-0.15, -0.1) is 0 Å². The Morgan fingerprint density at radius 3 is 2.91 bits per heavy atom. The van der Waals surface area contributed by atoms with E-state index < -0.39 is 0 Å². The number of benzene rings is 1. The van der Waals surface area contributed by atoms with Crippen molar-refractivity contribution in [1.82, 2.24) is 24.5 Å². The van der Waals surface area contributed by atoms with E-state index in [0.29, 0.717) is 0 Å². The van der Waals surface area contributed by atoms with Crippen molar-refractivity contribution in [2.45, 2.75) is 13.0 Å². The standard InChI is InChI=1S/C17H15N5/c1-3-13-4-2-7-19-16(13)15(5-1)17-20-8-10-22(17)9-6-14-11-18-12-21-14/h1-5,7-8,10-12H,6,9H2,(H,18,21). The van der Waals surface area contributed by atoms with Gasteiger partial charge in [0.15, 0.2) is 0 Å². The van der Waals surface area contributed by atoms with Crippen LogP contribution in [0.25, 0.3) is 22.3 Å². The molecule has 0 aliphatic rings. The summed E-state index contributed by atoms with van der Waals surface area (Å²) in [5, 5.41) is 1.13. The van der Waals surface area contributed by atoms with E-state index in [2.05, 4.69) is 42.7 Å². The van der Waals surface area contributed by atoms with Crippen LogP contribution < -0.4 is 0 Å². The third-order valence-electron chi connectivity index (χ3n) is 3.77. The molecule has 0 saturated heterocycles. The molecule has 4 aromatic rings. The second-order valence-electron chi connectivity index (χ2n) is 5.15. The first-order chi connectivity index (χ1) is 10.9. The van der Waals surface area contributed by atoms with E-state index in [0.717, 1.165) is 41.0 Å². The van der Waals surface area contributed by atoms with Crippen LogP contribution in [-0.2, 0) is 13.0 Å². The fraction of sp³-hybridized carbons (Fsp3) is 0.118. The predicted molar refractivity (Wildman–Crippen MR) is 85.3 cm³/mol. The van der Waals surface area contributed by atoms with Crippen LogP contribution in [0.3, 0.4) is 0 Å². The van der Waals surface area contributed by atoms with Crippen molar-refractivity contribution >= 4 is 10.9 Å². The van der Waals surface area contributed by atoms with Crippen molar-refractivity contribution in [3.05, 3.63) is 67.1 Å². The van der Waals surface area contributed by atoms with Gasteiger partial charge in [-0.25, -0.2) is 9.97 Å². The maximum absolute atomic E-state index is 4.53. The van der Waals surface area contributed by atoms with Crippen LogP contribution in [0.15, 0.2) is 61.4 Å². The number of nitrogens with one attached hydrogen (secondary N) is 1. The second-order valence-corrected chi connectivity index (χ2v) is 5.15. The lowest BCUT2D eigenvalue weighted by atomic mass is 10.1. The highest BCUT2D eigenvalue weighted by molar-refractivity contribution is 5.91. The molecule has 0 aliphatic heterocycles. The Morgan fingerprint density at radius 2 is 2.00 bits per heavy atom. The quantitative estimate of drug-likeness (QED) is 0.628. The Morgan fingerprint density at radius 1 is 1.05 bits per heavy atom. The molecule has 0 fully saturated rings. The van der Waals surface area contributed by atoms with Crippen molar-refractivity contribution in [3.63, 3.8) is 0 Å².